The lowest BCUT2D eigenvalue weighted by Crippen LogP contribution is -2.61. The zero-order chi connectivity index (χ0) is 24.6. The van der Waals surface area contributed by atoms with Gasteiger partial charge in [0, 0.05) is 0 Å². The van der Waals surface area contributed by atoms with Gasteiger partial charge in [0.2, 0.25) is 6.29 Å². The number of carbonyl (C=O) groups is 1. The van der Waals surface area contributed by atoms with Crippen LogP contribution in [-0.2, 0) is 18.9 Å². The average molecular weight is 482 g/mol. The van der Waals surface area contributed by atoms with E-state index in [4.69, 9.17) is 18.9 Å². The molecule has 0 bridgehead atoms. The van der Waals surface area contributed by atoms with E-state index in [1.807, 2.05) is 0 Å². The summed E-state index contributed by atoms with van der Waals surface area (Å²) in [4.78, 5) is 12.6. The predicted molar refractivity (Wildman–Crippen MR) is 110 cm³/mol. The third kappa shape index (κ3) is 4.30. The highest BCUT2D eigenvalue weighted by molar-refractivity contribution is 5.89. The standard InChI is InChI=1S/C22H26O12/c23-8-11-7-14(33-19(29)10-1-3-12(25)4-2-10)22(30)5-6-31-20(15(11)22)34-21-18(28)17(27)16(26)13(9-24)32-21/h1-7,13-18,20-21,23-28,30H,8-9H2/t13-,14+,15+,16+,17+,18+,20+,21+,22-/m0/s1. The molecule has 1 aromatic carbocycles. The Morgan fingerprint density at radius 2 is 1.74 bits per heavy atom. The van der Waals surface area contributed by atoms with Crippen molar-refractivity contribution < 1.29 is 59.5 Å². The summed E-state index contributed by atoms with van der Waals surface area (Å²) in [7, 11) is 0. The molecular weight excluding hydrogens is 456 g/mol. The van der Waals surface area contributed by atoms with Crippen molar-refractivity contribution in [1.29, 1.82) is 0 Å². The molecule has 34 heavy (non-hydrogen) atoms. The van der Waals surface area contributed by atoms with E-state index in [0.29, 0.717) is 0 Å². The topological polar surface area (TPSA) is 196 Å². The van der Waals surface area contributed by atoms with Crippen LogP contribution in [0.5, 0.6) is 5.75 Å². The molecule has 1 aromatic rings. The number of phenols is 1. The molecule has 4 rings (SSSR count). The Morgan fingerprint density at radius 3 is 2.38 bits per heavy atom. The lowest BCUT2D eigenvalue weighted by Gasteiger charge is -2.44. The molecule has 12 nitrogen and oxygen atoms in total. The fraction of sp³-hybridized carbons (Fsp3) is 0.500. The van der Waals surface area contributed by atoms with Gasteiger partial charge in [0.05, 0.1) is 31.0 Å². The van der Waals surface area contributed by atoms with Gasteiger partial charge in [-0.15, -0.1) is 0 Å². The van der Waals surface area contributed by atoms with E-state index in [1.54, 1.807) is 0 Å². The minimum atomic E-state index is -1.90. The highest BCUT2D eigenvalue weighted by Gasteiger charge is 2.57. The van der Waals surface area contributed by atoms with Crippen molar-refractivity contribution in [3.63, 3.8) is 0 Å². The number of hydrogen-bond acceptors (Lipinski definition) is 12. The molecule has 0 spiro atoms. The minimum absolute atomic E-state index is 0.0425. The SMILES string of the molecule is O=C(O[C@@H]1C=C(CO)[C@@H]2[C@@H](O[C@H]3O[C@@H](CO)[C@@H](O)[C@@H](O)[C@H]3O)OC=C[C@@]21O)c1ccc(O)cc1. The van der Waals surface area contributed by atoms with Crippen LogP contribution in [0.4, 0.5) is 0 Å². The van der Waals surface area contributed by atoms with Crippen LogP contribution in [0.25, 0.3) is 0 Å². The Labute approximate surface area is 193 Å². The van der Waals surface area contributed by atoms with Crippen molar-refractivity contribution >= 4 is 5.97 Å². The van der Waals surface area contributed by atoms with Crippen LogP contribution in [0.1, 0.15) is 10.4 Å². The largest absolute Gasteiger partial charge is 0.508 e. The van der Waals surface area contributed by atoms with E-state index in [9.17, 15) is 40.5 Å². The summed E-state index contributed by atoms with van der Waals surface area (Å²) in [6.45, 7) is -1.22. The molecule has 1 fully saturated rings. The minimum Gasteiger partial charge on any atom is -0.508 e. The first-order valence-electron chi connectivity index (χ1n) is 10.5. The molecule has 0 saturated carbocycles. The maximum atomic E-state index is 12.6. The number of phenolic OH excluding ortho intramolecular Hbond substituents is 1. The molecular formula is C22H26O12. The summed E-state index contributed by atoms with van der Waals surface area (Å²) in [5, 5.41) is 70.3. The number of aliphatic hydroxyl groups excluding tert-OH is 5. The van der Waals surface area contributed by atoms with Gasteiger partial charge in [0.15, 0.2) is 12.4 Å². The molecule has 7 N–H and O–H groups in total. The molecule has 2 aliphatic heterocycles. The molecule has 186 valence electrons. The highest BCUT2D eigenvalue weighted by atomic mass is 16.8. The molecule has 12 heteroatoms. The molecule has 2 heterocycles. The molecule has 1 aliphatic carbocycles. The lowest BCUT2D eigenvalue weighted by molar-refractivity contribution is -0.344. The van der Waals surface area contributed by atoms with E-state index in [2.05, 4.69) is 0 Å². The van der Waals surface area contributed by atoms with Crippen LogP contribution in [0, 0.1) is 5.92 Å². The molecule has 3 aliphatic rings. The van der Waals surface area contributed by atoms with Crippen molar-refractivity contribution in [2.24, 2.45) is 5.92 Å². The zero-order valence-electron chi connectivity index (χ0n) is 17.7. The van der Waals surface area contributed by atoms with Gasteiger partial charge in [-0.05, 0) is 42.0 Å². The van der Waals surface area contributed by atoms with E-state index in [-0.39, 0.29) is 16.9 Å². The maximum Gasteiger partial charge on any atom is 0.338 e. The predicted octanol–water partition coefficient (Wildman–Crippen LogP) is -2.12. The van der Waals surface area contributed by atoms with Crippen molar-refractivity contribution in [1.82, 2.24) is 0 Å². The quantitative estimate of drug-likeness (QED) is 0.172. The summed E-state index contributed by atoms with van der Waals surface area (Å²) < 4.78 is 21.9. The van der Waals surface area contributed by atoms with Crippen LogP contribution in [0.15, 0.2) is 48.3 Å². The molecule has 0 radical (unpaired) electrons. The number of benzene rings is 1. The third-order valence-corrected chi connectivity index (χ3v) is 6.18. The van der Waals surface area contributed by atoms with Gasteiger partial charge in [-0.1, -0.05) is 0 Å². The smallest absolute Gasteiger partial charge is 0.338 e. The van der Waals surface area contributed by atoms with Crippen LogP contribution in [0.3, 0.4) is 0 Å². The fourth-order valence-corrected chi connectivity index (χ4v) is 4.28. The third-order valence-electron chi connectivity index (χ3n) is 6.18. The molecule has 1 saturated heterocycles. The maximum absolute atomic E-state index is 12.6. The van der Waals surface area contributed by atoms with Crippen molar-refractivity contribution in [2.75, 3.05) is 13.2 Å². The van der Waals surface area contributed by atoms with E-state index in [1.165, 1.54) is 36.4 Å². The fourth-order valence-electron chi connectivity index (χ4n) is 4.28. The number of aromatic hydroxyl groups is 1. The van der Waals surface area contributed by atoms with Gasteiger partial charge in [0.1, 0.15) is 35.8 Å². The summed E-state index contributed by atoms with van der Waals surface area (Å²) >= 11 is 0. The van der Waals surface area contributed by atoms with Gasteiger partial charge < -0.3 is 54.7 Å². The van der Waals surface area contributed by atoms with Gasteiger partial charge >= 0.3 is 5.97 Å². The van der Waals surface area contributed by atoms with Crippen LogP contribution >= 0.6 is 0 Å². The van der Waals surface area contributed by atoms with Crippen LogP contribution in [-0.4, -0.2) is 104 Å². The second-order valence-corrected chi connectivity index (χ2v) is 8.28. The normalized spacial score (nSPS) is 39.2. The Balaban J connectivity index is 1.54. The number of ether oxygens (including phenoxy) is 4. The number of carbonyl (C=O) groups excluding carboxylic acids is 1. The molecule has 9 atom stereocenters. The molecule has 0 aromatic heterocycles. The Bertz CT molecular complexity index is 944. The summed E-state index contributed by atoms with van der Waals surface area (Å²) in [6.07, 6.45) is -6.71. The average Bonchev–Trinajstić information content (AvgIpc) is 3.11. The van der Waals surface area contributed by atoms with Gasteiger partial charge in [-0.25, -0.2) is 4.79 Å². The monoisotopic (exact) mass is 482 g/mol. The highest BCUT2D eigenvalue weighted by Crippen LogP contribution is 2.45. The summed E-state index contributed by atoms with van der Waals surface area (Å²) in [5.41, 5.74) is -1.57. The van der Waals surface area contributed by atoms with Gasteiger partial charge in [-0.2, -0.15) is 0 Å². The first-order chi connectivity index (χ1) is 16.2. The Hall–Kier alpha value is -2.55. The van der Waals surface area contributed by atoms with Crippen molar-refractivity contribution in [3.8, 4) is 5.75 Å². The molecule has 0 unspecified atom stereocenters. The van der Waals surface area contributed by atoms with Crippen molar-refractivity contribution in [3.05, 3.63) is 53.8 Å². The van der Waals surface area contributed by atoms with E-state index >= 15 is 0 Å². The number of rotatable bonds is 6. The van der Waals surface area contributed by atoms with Gasteiger partial charge in [-0.3, -0.25) is 0 Å². The number of esters is 1. The Morgan fingerprint density at radius 1 is 1.03 bits per heavy atom. The van der Waals surface area contributed by atoms with Crippen LogP contribution < -0.4 is 0 Å². The van der Waals surface area contributed by atoms with Crippen molar-refractivity contribution in [2.45, 2.75) is 48.7 Å². The lowest BCUT2D eigenvalue weighted by atomic mass is 9.83. The van der Waals surface area contributed by atoms with Gasteiger partial charge in [0.25, 0.3) is 0 Å². The summed E-state index contributed by atoms with van der Waals surface area (Å²) in [5.74, 6) is -1.94. The van der Waals surface area contributed by atoms with Crippen LogP contribution in [0.2, 0.25) is 0 Å². The number of fused-ring (bicyclic) bond motifs is 1. The second-order valence-electron chi connectivity index (χ2n) is 8.28. The van der Waals surface area contributed by atoms with E-state index in [0.717, 1.165) is 6.26 Å². The Kier molecular flexibility index (Phi) is 6.94. The second kappa shape index (κ2) is 9.60. The zero-order valence-corrected chi connectivity index (χ0v) is 17.7. The molecule has 0 amide bonds. The first-order valence-corrected chi connectivity index (χ1v) is 10.5. The first kappa shape index (κ1) is 24.6. The summed E-state index contributed by atoms with van der Waals surface area (Å²) in [6, 6.07) is 5.29. The number of aliphatic hydroxyl groups is 6. The number of hydrogen-bond donors (Lipinski definition) is 7. The van der Waals surface area contributed by atoms with E-state index < -0.39 is 73.8 Å².